The second-order valence-corrected chi connectivity index (χ2v) is 6.96. The van der Waals surface area contributed by atoms with Crippen molar-refractivity contribution in [3.8, 4) is 11.5 Å². The summed E-state index contributed by atoms with van der Waals surface area (Å²) < 4.78 is 106. The van der Waals surface area contributed by atoms with E-state index in [1.807, 2.05) is 0 Å². The van der Waals surface area contributed by atoms with Gasteiger partial charge in [0.25, 0.3) is 0 Å². The monoisotopic (exact) mass is 462 g/mol. The van der Waals surface area contributed by atoms with Crippen molar-refractivity contribution in [1.29, 1.82) is 0 Å². The molecule has 1 fully saturated rings. The van der Waals surface area contributed by atoms with Gasteiger partial charge in [0, 0.05) is 11.5 Å². The fourth-order valence-electron chi connectivity index (χ4n) is 3.12. The van der Waals surface area contributed by atoms with E-state index in [1.165, 1.54) is 6.92 Å². The highest BCUT2D eigenvalue weighted by molar-refractivity contribution is 5.35. The molecule has 10 heteroatoms. The van der Waals surface area contributed by atoms with Crippen LogP contribution in [-0.4, -0.2) is 19.8 Å². The molecule has 0 aliphatic carbocycles. The summed E-state index contributed by atoms with van der Waals surface area (Å²) in [5.41, 5.74) is -1.86. The number of halogens is 6. The molecular weight excluding hydrogens is 442 g/mol. The minimum atomic E-state index is -4.51. The molecule has 174 valence electrons. The molecule has 3 rings (SSSR count). The predicted octanol–water partition coefficient (Wildman–Crippen LogP) is 6.01. The van der Waals surface area contributed by atoms with Crippen LogP contribution in [0, 0.1) is 29.2 Å². The van der Waals surface area contributed by atoms with Gasteiger partial charge in [0.15, 0.2) is 29.4 Å². The quantitative estimate of drug-likeness (QED) is 0.356. The lowest BCUT2D eigenvalue weighted by Gasteiger charge is -2.29. The molecule has 0 N–H and O–H groups in total. The molecule has 1 saturated heterocycles. The summed E-state index contributed by atoms with van der Waals surface area (Å²) in [5.74, 6) is -8.65. The molecule has 0 atom stereocenters. The summed E-state index contributed by atoms with van der Waals surface area (Å²) >= 11 is 0. The van der Waals surface area contributed by atoms with Gasteiger partial charge < -0.3 is 18.9 Å². The Balaban J connectivity index is 1.81. The molecule has 0 spiro atoms. The van der Waals surface area contributed by atoms with Crippen LogP contribution in [0.2, 0.25) is 0 Å². The molecular formula is C22H20F6O4. The van der Waals surface area contributed by atoms with Gasteiger partial charge in [-0.15, -0.1) is 6.58 Å². The number of benzene rings is 2. The zero-order valence-corrected chi connectivity index (χ0v) is 17.0. The fraction of sp³-hybridized carbons (Fsp3) is 0.364. The number of hydrogen-bond donors (Lipinski definition) is 0. The number of ether oxygens (including phenoxy) is 4. The van der Waals surface area contributed by atoms with Crippen molar-refractivity contribution in [2.45, 2.75) is 25.7 Å². The third kappa shape index (κ3) is 4.86. The van der Waals surface area contributed by atoms with Crippen molar-refractivity contribution in [3.63, 3.8) is 0 Å². The minimum Gasteiger partial charge on any atom is -0.491 e. The third-order valence-electron chi connectivity index (χ3n) is 4.70. The Labute approximate surface area is 180 Å². The van der Waals surface area contributed by atoms with Gasteiger partial charge >= 0.3 is 6.11 Å². The van der Waals surface area contributed by atoms with Gasteiger partial charge in [0.05, 0.1) is 19.8 Å². The molecule has 2 aromatic carbocycles. The SMILES string of the molecule is C=CCC1COC(c2ccc(OC(F)(F)c3ccc(OCC)c(F)c3F)c(F)c2F)OC1. The first kappa shape index (κ1) is 23.9. The van der Waals surface area contributed by atoms with E-state index >= 15 is 0 Å². The van der Waals surface area contributed by atoms with Crippen molar-refractivity contribution in [3.05, 3.63) is 71.3 Å². The molecule has 0 aromatic heterocycles. The Morgan fingerprint density at radius 2 is 1.59 bits per heavy atom. The Bertz CT molecular complexity index is 973. The van der Waals surface area contributed by atoms with Gasteiger partial charge in [0.1, 0.15) is 5.56 Å². The Hall–Kier alpha value is -2.72. The van der Waals surface area contributed by atoms with E-state index in [1.54, 1.807) is 6.08 Å². The summed E-state index contributed by atoms with van der Waals surface area (Å²) in [6.45, 7) is 5.47. The van der Waals surface area contributed by atoms with Crippen molar-refractivity contribution in [2.75, 3.05) is 19.8 Å². The molecule has 2 aromatic rings. The molecule has 0 bridgehead atoms. The molecule has 1 aliphatic heterocycles. The first-order valence-corrected chi connectivity index (χ1v) is 9.69. The average Bonchev–Trinajstić information content (AvgIpc) is 2.76. The predicted molar refractivity (Wildman–Crippen MR) is 101 cm³/mol. The van der Waals surface area contributed by atoms with Crippen LogP contribution >= 0.6 is 0 Å². The summed E-state index contributed by atoms with van der Waals surface area (Å²) in [4.78, 5) is 0. The Morgan fingerprint density at radius 3 is 2.22 bits per heavy atom. The van der Waals surface area contributed by atoms with E-state index in [9.17, 15) is 26.3 Å². The minimum absolute atomic E-state index is 0.00219. The van der Waals surface area contributed by atoms with E-state index in [2.05, 4.69) is 11.3 Å². The topological polar surface area (TPSA) is 36.9 Å². The van der Waals surface area contributed by atoms with Crippen LogP contribution in [-0.2, 0) is 15.6 Å². The van der Waals surface area contributed by atoms with Crippen LogP contribution in [0.1, 0.15) is 30.8 Å². The number of hydrogen-bond acceptors (Lipinski definition) is 4. The molecule has 1 heterocycles. The molecule has 0 saturated carbocycles. The van der Waals surface area contributed by atoms with Gasteiger partial charge in [-0.3, -0.25) is 0 Å². The van der Waals surface area contributed by atoms with Gasteiger partial charge in [-0.1, -0.05) is 6.08 Å². The van der Waals surface area contributed by atoms with Crippen LogP contribution in [0.4, 0.5) is 26.3 Å². The number of rotatable bonds is 8. The zero-order valence-electron chi connectivity index (χ0n) is 17.0. The highest BCUT2D eigenvalue weighted by Gasteiger charge is 2.41. The maximum absolute atomic E-state index is 14.5. The van der Waals surface area contributed by atoms with Crippen molar-refractivity contribution < 1.29 is 45.3 Å². The maximum Gasteiger partial charge on any atom is 0.429 e. The van der Waals surface area contributed by atoms with Crippen LogP contribution in [0.25, 0.3) is 0 Å². The van der Waals surface area contributed by atoms with Gasteiger partial charge in [0.2, 0.25) is 11.6 Å². The normalized spacial score (nSPS) is 19.0. The number of allylic oxidation sites excluding steroid dienone is 1. The van der Waals surface area contributed by atoms with E-state index < -0.39 is 52.7 Å². The average molecular weight is 462 g/mol. The van der Waals surface area contributed by atoms with E-state index in [-0.39, 0.29) is 31.3 Å². The largest absolute Gasteiger partial charge is 0.491 e. The van der Waals surface area contributed by atoms with Crippen molar-refractivity contribution in [1.82, 2.24) is 0 Å². The van der Waals surface area contributed by atoms with Crippen LogP contribution in [0.15, 0.2) is 36.9 Å². The molecule has 1 aliphatic rings. The highest BCUT2D eigenvalue weighted by Crippen LogP contribution is 2.39. The molecule has 0 amide bonds. The van der Waals surface area contributed by atoms with Crippen molar-refractivity contribution >= 4 is 0 Å². The molecule has 0 radical (unpaired) electrons. The van der Waals surface area contributed by atoms with Gasteiger partial charge in [-0.25, -0.2) is 8.78 Å². The highest BCUT2D eigenvalue weighted by atomic mass is 19.3. The smallest absolute Gasteiger partial charge is 0.429 e. The lowest BCUT2D eigenvalue weighted by atomic mass is 10.1. The van der Waals surface area contributed by atoms with Gasteiger partial charge in [-0.2, -0.15) is 17.6 Å². The lowest BCUT2D eigenvalue weighted by molar-refractivity contribution is -0.206. The first-order chi connectivity index (χ1) is 15.2. The second-order valence-electron chi connectivity index (χ2n) is 6.96. The number of alkyl halides is 2. The molecule has 32 heavy (non-hydrogen) atoms. The van der Waals surface area contributed by atoms with Crippen LogP contribution in [0.3, 0.4) is 0 Å². The van der Waals surface area contributed by atoms with Crippen LogP contribution < -0.4 is 9.47 Å². The van der Waals surface area contributed by atoms with E-state index in [0.717, 1.165) is 18.2 Å². The van der Waals surface area contributed by atoms with Crippen LogP contribution in [0.5, 0.6) is 11.5 Å². The Kier molecular flexibility index (Phi) is 7.35. The second kappa shape index (κ2) is 9.83. The summed E-state index contributed by atoms with van der Waals surface area (Å²) in [6.07, 6.45) is -3.48. The maximum atomic E-state index is 14.5. The summed E-state index contributed by atoms with van der Waals surface area (Å²) in [5, 5.41) is 0. The summed E-state index contributed by atoms with van der Waals surface area (Å²) in [7, 11) is 0. The Morgan fingerprint density at radius 1 is 0.969 bits per heavy atom. The third-order valence-corrected chi connectivity index (χ3v) is 4.70. The molecule has 4 nitrogen and oxygen atoms in total. The van der Waals surface area contributed by atoms with E-state index in [0.29, 0.717) is 12.5 Å². The van der Waals surface area contributed by atoms with Gasteiger partial charge in [-0.05, 0) is 37.6 Å². The summed E-state index contributed by atoms with van der Waals surface area (Å²) in [6, 6.07) is 3.01. The van der Waals surface area contributed by atoms with Crippen molar-refractivity contribution in [2.24, 2.45) is 5.92 Å². The lowest BCUT2D eigenvalue weighted by Crippen LogP contribution is -2.28. The fourth-order valence-corrected chi connectivity index (χ4v) is 3.12. The first-order valence-electron chi connectivity index (χ1n) is 9.69. The zero-order chi connectivity index (χ0) is 23.5. The van der Waals surface area contributed by atoms with E-state index in [4.69, 9.17) is 14.2 Å². The standard InChI is InChI=1S/C22H20F6O4/c1-3-5-12-10-30-21(31-11-12)13-6-8-16(20(26)17(13)23)32-22(27,28)14-7-9-15(29-4-2)19(25)18(14)24/h3,6-9,12,21H,1,4-5,10-11H2,2H3. The molecule has 0 unspecified atom stereocenters.